The fourth-order valence-electron chi connectivity index (χ4n) is 3.15. The largest absolute Gasteiger partial charge is 0.410 e. The lowest BCUT2D eigenvalue weighted by molar-refractivity contribution is 0.211. The molecule has 0 saturated heterocycles. The maximum Gasteiger partial charge on any atom is 0.410 e. The van der Waals surface area contributed by atoms with Gasteiger partial charge in [0.1, 0.15) is 17.2 Å². The molecule has 148 valence electrons. The van der Waals surface area contributed by atoms with Crippen LogP contribution in [0, 0.1) is 0 Å². The van der Waals surface area contributed by atoms with Gasteiger partial charge >= 0.3 is 6.09 Å². The Morgan fingerprint density at radius 1 is 1.18 bits per heavy atom. The van der Waals surface area contributed by atoms with Crippen molar-refractivity contribution in [2.45, 2.75) is 13.8 Å². The second-order valence-corrected chi connectivity index (χ2v) is 6.48. The number of likely N-dealkylation sites (N-methyl/N-ethyl adjacent to an activating group) is 2. The molecule has 2 heterocycles. The SMILES string of the molecule is CCN(CC)CCN(C)c1ncccc1-c1nc2c(OC(N)=O)cccc2[nH]1. The number of carbonyl (C=O) groups is 1. The standard InChI is InChI=1S/C20H26N6O2/c1-4-26(5-2)13-12-25(3)19-14(8-7-11-22-19)18-23-15-9-6-10-16(17(15)24-18)28-20(21)27/h6-11H,4-5,12-13H2,1-3H3,(H2,21,27)(H,23,24). The summed E-state index contributed by atoms with van der Waals surface area (Å²) in [6, 6.07) is 9.18. The van der Waals surface area contributed by atoms with E-state index in [4.69, 9.17) is 10.5 Å². The molecule has 1 aromatic carbocycles. The first kappa shape index (κ1) is 19.6. The molecule has 0 fully saturated rings. The zero-order valence-electron chi connectivity index (χ0n) is 16.5. The van der Waals surface area contributed by atoms with Gasteiger partial charge in [-0.25, -0.2) is 14.8 Å². The Kier molecular flexibility index (Phi) is 6.10. The van der Waals surface area contributed by atoms with E-state index >= 15 is 0 Å². The lowest BCUT2D eigenvalue weighted by atomic mass is 10.2. The van der Waals surface area contributed by atoms with E-state index < -0.39 is 6.09 Å². The zero-order valence-corrected chi connectivity index (χ0v) is 16.5. The number of benzene rings is 1. The van der Waals surface area contributed by atoms with Crippen molar-refractivity contribution in [1.82, 2.24) is 19.9 Å². The number of amides is 1. The van der Waals surface area contributed by atoms with Gasteiger partial charge in [-0.15, -0.1) is 0 Å². The molecule has 2 aromatic heterocycles. The van der Waals surface area contributed by atoms with Crippen LogP contribution in [0.15, 0.2) is 36.5 Å². The monoisotopic (exact) mass is 382 g/mol. The van der Waals surface area contributed by atoms with Crippen LogP contribution in [-0.4, -0.2) is 59.2 Å². The molecule has 0 radical (unpaired) electrons. The van der Waals surface area contributed by atoms with E-state index in [1.54, 1.807) is 18.3 Å². The molecule has 0 aliphatic carbocycles. The molecule has 0 unspecified atom stereocenters. The molecular formula is C20H26N6O2. The summed E-state index contributed by atoms with van der Waals surface area (Å²) < 4.78 is 5.07. The number of rotatable bonds is 8. The number of carbonyl (C=O) groups excluding carboxylic acids is 1. The van der Waals surface area contributed by atoms with Crippen molar-refractivity contribution in [1.29, 1.82) is 0 Å². The number of pyridine rings is 1. The molecule has 3 N–H and O–H groups in total. The predicted molar refractivity (Wildman–Crippen MR) is 111 cm³/mol. The number of ether oxygens (including phenoxy) is 1. The summed E-state index contributed by atoms with van der Waals surface area (Å²) in [4.78, 5) is 28.1. The summed E-state index contributed by atoms with van der Waals surface area (Å²) in [6.45, 7) is 8.17. The van der Waals surface area contributed by atoms with Crippen LogP contribution in [0.4, 0.5) is 10.6 Å². The highest BCUT2D eigenvalue weighted by atomic mass is 16.5. The van der Waals surface area contributed by atoms with Crippen LogP contribution in [0.2, 0.25) is 0 Å². The lowest BCUT2D eigenvalue weighted by Gasteiger charge is -2.25. The number of aromatic amines is 1. The number of fused-ring (bicyclic) bond motifs is 1. The van der Waals surface area contributed by atoms with Gasteiger partial charge in [-0.1, -0.05) is 19.9 Å². The Morgan fingerprint density at radius 2 is 1.96 bits per heavy atom. The second-order valence-electron chi connectivity index (χ2n) is 6.48. The summed E-state index contributed by atoms with van der Waals surface area (Å²) in [5.41, 5.74) is 7.35. The third-order valence-corrected chi connectivity index (χ3v) is 4.74. The van der Waals surface area contributed by atoms with Crippen molar-refractivity contribution < 1.29 is 9.53 Å². The van der Waals surface area contributed by atoms with E-state index in [1.807, 2.05) is 25.2 Å². The quantitative estimate of drug-likeness (QED) is 0.621. The molecule has 3 rings (SSSR count). The average molecular weight is 382 g/mol. The molecule has 8 nitrogen and oxygen atoms in total. The number of imidazole rings is 1. The minimum atomic E-state index is -0.866. The van der Waals surface area contributed by atoms with Crippen LogP contribution in [0.3, 0.4) is 0 Å². The third kappa shape index (κ3) is 4.23. The van der Waals surface area contributed by atoms with Gasteiger partial charge in [-0.3, -0.25) is 0 Å². The molecule has 1 amide bonds. The number of aromatic nitrogens is 3. The Bertz CT molecular complexity index is 951. The van der Waals surface area contributed by atoms with Crippen LogP contribution in [0.5, 0.6) is 5.75 Å². The maximum absolute atomic E-state index is 11.2. The summed E-state index contributed by atoms with van der Waals surface area (Å²) in [7, 11) is 2.03. The number of nitrogens with two attached hydrogens (primary N) is 1. The highest BCUT2D eigenvalue weighted by Crippen LogP contribution is 2.31. The van der Waals surface area contributed by atoms with Gasteiger partial charge in [0.2, 0.25) is 0 Å². The Labute approximate surface area is 164 Å². The summed E-state index contributed by atoms with van der Waals surface area (Å²) in [5.74, 6) is 1.83. The second kappa shape index (κ2) is 8.71. The maximum atomic E-state index is 11.2. The summed E-state index contributed by atoms with van der Waals surface area (Å²) in [5, 5.41) is 0. The molecule has 28 heavy (non-hydrogen) atoms. The highest BCUT2D eigenvalue weighted by Gasteiger charge is 2.16. The fourth-order valence-corrected chi connectivity index (χ4v) is 3.15. The third-order valence-electron chi connectivity index (χ3n) is 4.74. The van der Waals surface area contributed by atoms with E-state index in [1.165, 1.54) is 0 Å². The van der Waals surface area contributed by atoms with Gasteiger partial charge in [0.15, 0.2) is 5.75 Å². The van der Waals surface area contributed by atoms with Crippen molar-refractivity contribution in [2.75, 3.05) is 38.1 Å². The molecular weight excluding hydrogens is 356 g/mol. The number of nitrogens with one attached hydrogen (secondary N) is 1. The number of primary amides is 1. The number of hydrogen-bond acceptors (Lipinski definition) is 6. The smallest absolute Gasteiger partial charge is 0.408 e. The summed E-state index contributed by atoms with van der Waals surface area (Å²) >= 11 is 0. The number of anilines is 1. The Hall–Kier alpha value is -3.13. The molecule has 0 aliphatic rings. The molecule has 3 aromatic rings. The van der Waals surface area contributed by atoms with Gasteiger partial charge < -0.3 is 25.3 Å². The van der Waals surface area contributed by atoms with E-state index in [2.05, 4.69) is 38.6 Å². The normalized spacial score (nSPS) is 11.1. The van der Waals surface area contributed by atoms with Gasteiger partial charge in [0, 0.05) is 26.3 Å². The van der Waals surface area contributed by atoms with Gasteiger partial charge in [0.25, 0.3) is 0 Å². The van der Waals surface area contributed by atoms with Crippen molar-refractivity contribution in [3.63, 3.8) is 0 Å². The zero-order chi connectivity index (χ0) is 20.1. The molecule has 0 aliphatic heterocycles. The van der Waals surface area contributed by atoms with Crippen molar-refractivity contribution in [3.8, 4) is 17.1 Å². The average Bonchev–Trinajstić information content (AvgIpc) is 3.13. The molecule has 0 spiro atoms. The van der Waals surface area contributed by atoms with Crippen LogP contribution in [-0.2, 0) is 0 Å². The predicted octanol–water partition coefficient (Wildman–Crippen LogP) is 2.86. The molecule has 0 bridgehead atoms. The number of nitrogens with zero attached hydrogens (tertiary/aromatic N) is 4. The summed E-state index contributed by atoms with van der Waals surface area (Å²) in [6.07, 6.45) is 0.909. The van der Waals surface area contributed by atoms with Crippen LogP contribution in [0.1, 0.15) is 13.8 Å². The lowest BCUT2D eigenvalue weighted by Crippen LogP contribution is -2.33. The first-order valence-corrected chi connectivity index (χ1v) is 9.38. The van der Waals surface area contributed by atoms with E-state index in [9.17, 15) is 4.79 Å². The number of hydrogen-bond donors (Lipinski definition) is 2. The first-order chi connectivity index (χ1) is 13.5. The van der Waals surface area contributed by atoms with Crippen molar-refractivity contribution >= 4 is 22.9 Å². The highest BCUT2D eigenvalue weighted by molar-refractivity contribution is 5.88. The first-order valence-electron chi connectivity index (χ1n) is 9.38. The number of H-pyrrole nitrogens is 1. The number of para-hydroxylation sites is 1. The van der Waals surface area contributed by atoms with Gasteiger partial charge in [-0.2, -0.15) is 0 Å². The van der Waals surface area contributed by atoms with Gasteiger partial charge in [0.05, 0.1) is 11.1 Å². The Morgan fingerprint density at radius 3 is 2.68 bits per heavy atom. The minimum absolute atomic E-state index is 0.327. The molecule has 0 atom stereocenters. The van der Waals surface area contributed by atoms with Crippen LogP contribution < -0.4 is 15.4 Å². The van der Waals surface area contributed by atoms with E-state index in [0.717, 1.165) is 43.1 Å². The molecule has 8 heteroatoms. The Balaban J connectivity index is 1.93. The van der Waals surface area contributed by atoms with Crippen molar-refractivity contribution in [3.05, 3.63) is 36.5 Å². The molecule has 0 saturated carbocycles. The van der Waals surface area contributed by atoms with E-state index in [0.29, 0.717) is 17.1 Å². The van der Waals surface area contributed by atoms with Gasteiger partial charge in [-0.05, 0) is 37.4 Å². The van der Waals surface area contributed by atoms with Crippen LogP contribution >= 0.6 is 0 Å². The van der Waals surface area contributed by atoms with Crippen molar-refractivity contribution in [2.24, 2.45) is 5.73 Å². The minimum Gasteiger partial charge on any atom is -0.408 e. The fraction of sp³-hybridized carbons (Fsp3) is 0.350. The van der Waals surface area contributed by atoms with E-state index in [-0.39, 0.29) is 0 Å². The van der Waals surface area contributed by atoms with Crippen LogP contribution in [0.25, 0.3) is 22.4 Å². The topological polar surface area (TPSA) is 100 Å².